The van der Waals surface area contributed by atoms with Crippen LogP contribution in [-0.2, 0) is 11.4 Å². The van der Waals surface area contributed by atoms with Gasteiger partial charge in [-0.15, -0.1) is 0 Å². The zero-order valence-corrected chi connectivity index (χ0v) is 22.2. The Morgan fingerprint density at radius 1 is 1.03 bits per heavy atom. The molecule has 5 nitrogen and oxygen atoms in total. The molecule has 1 heterocycles. The average Bonchev–Trinajstić information content (AvgIpc) is 2.88. The Labute approximate surface area is 219 Å². The van der Waals surface area contributed by atoms with Gasteiger partial charge in [-0.2, -0.15) is 0 Å². The number of rotatable bonds is 10. The first-order valence-electron chi connectivity index (χ1n) is 13.0. The highest BCUT2D eigenvalue weighted by atomic mass is 16.5. The first kappa shape index (κ1) is 26.3. The summed E-state index contributed by atoms with van der Waals surface area (Å²) in [7, 11) is 0. The van der Waals surface area contributed by atoms with Crippen LogP contribution in [0.15, 0.2) is 71.8 Å². The minimum atomic E-state index is -0.814. The van der Waals surface area contributed by atoms with Crippen molar-refractivity contribution in [1.29, 1.82) is 0 Å². The van der Waals surface area contributed by atoms with E-state index in [1.54, 1.807) is 0 Å². The molecule has 1 unspecified atom stereocenters. The number of hydrogen-bond acceptors (Lipinski definition) is 4. The van der Waals surface area contributed by atoms with Crippen molar-refractivity contribution in [2.45, 2.75) is 59.5 Å². The molecule has 0 saturated heterocycles. The lowest BCUT2D eigenvalue weighted by atomic mass is 9.84. The molecule has 0 fully saturated rings. The summed E-state index contributed by atoms with van der Waals surface area (Å²) in [6.07, 6.45) is 2.19. The van der Waals surface area contributed by atoms with E-state index >= 15 is 0 Å². The molecule has 0 bridgehead atoms. The number of unbranched alkanes of at least 4 members (excludes halogenated alkanes) is 1. The molecule has 0 saturated carbocycles. The SMILES string of the molecule is CCCCOc1ccc(C)cc1-c1ccc(COc2ccc3c(c2)OCC(=C(C)C)C3CC(=O)O)cc1. The van der Waals surface area contributed by atoms with Crippen molar-refractivity contribution < 1.29 is 24.1 Å². The quantitative estimate of drug-likeness (QED) is 0.228. The predicted molar refractivity (Wildman–Crippen MR) is 147 cm³/mol. The molecule has 194 valence electrons. The normalized spacial score (nSPS) is 14.5. The van der Waals surface area contributed by atoms with Crippen LogP contribution in [0.25, 0.3) is 11.1 Å². The minimum absolute atomic E-state index is 0.0513. The number of aryl methyl sites for hydroxylation is 1. The van der Waals surface area contributed by atoms with Crippen LogP contribution >= 0.6 is 0 Å². The van der Waals surface area contributed by atoms with Gasteiger partial charge in [-0.05, 0) is 62.1 Å². The van der Waals surface area contributed by atoms with Gasteiger partial charge in [0.15, 0.2) is 0 Å². The molecule has 4 rings (SSSR count). The van der Waals surface area contributed by atoms with Gasteiger partial charge in [0.1, 0.15) is 30.5 Å². The van der Waals surface area contributed by atoms with Gasteiger partial charge in [-0.25, -0.2) is 0 Å². The molecule has 0 aliphatic carbocycles. The fourth-order valence-electron chi connectivity index (χ4n) is 4.63. The van der Waals surface area contributed by atoms with Gasteiger partial charge in [0.2, 0.25) is 0 Å². The Balaban J connectivity index is 1.46. The van der Waals surface area contributed by atoms with Crippen LogP contribution in [-0.4, -0.2) is 24.3 Å². The Kier molecular flexibility index (Phi) is 8.54. The first-order valence-corrected chi connectivity index (χ1v) is 13.0. The van der Waals surface area contributed by atoms with Gasteiger partial charge in [0.05, 0.1) is 13.0 Å². The van der Waals surface area contributed by atoms with Crippen molar-refractivity contribution in [3.63, 3.8) is 0 Å². The number of aliphatic carboxylic acids is 1. The summed E-state index contributed by atoms with van der Waals surface area (Å²) in [6.45, 7) is 9.80. The van der Waals surface area contributed by atoms with Crippen molar-refractivity contribution in [3.05, 3.63) is 88.5 Å². The monoisotopic (exact) mass is 500 g/mol. The number of carbonyl (C=O) groups is 1. The number of benzene rings is 3. The fourth-order valence-corrected chi connectivity index (χ4v) is 4.63. The Morgan fingerprint density at radius 3 is 2.51 bits per heavy atom. The Morgan fingerprint density at radius 2 is 1.81 bits per heavy atom. The molecule has 1 N–H and O–H groups in total. The zero-order chi connectivity index (χ0) is 26.4. The predicted octanol–water partition coefficient (Wildman–Crippen LogP) is 7.71. The first-order chi connectivity index (χ1) is 17.9. The largest absolute Gasteiger partial charge is 0.493 e. The lowest BCUT2D eigenvalue weighted by molar-refractivity contribution is -0.137. The van der Waals surface area contributed by atoms with Gasteiger partial charge in [-0.3, -0.25) is 4.79 Å². The standard InChI is InChI=1S/C32H36O5/c1-5-6-15-35-30-14-7-22(4)16-27(30)24-10-8-23(9-11-24)19-36-25-12-13-26-28(18-32(33)34)29(21(2)3)20-37-31(26)17-25/h7-14,16-17,28H,5-6,15,18-20H2,1-4H3,(H,33,34). The van der Waals surface area contributed by atoms with Gasteiger partial charge >= 0.3 is 5.97 Å². The van der Waals surface area contributed by atoms with E-state index in [2.05, 4.69) is 56.3 Å². The molecule has 3 aromatic carbocycles. The topological polar surface area (TPSA) is 65.0 Å². The molecular weight excluding hydrogens is 464 g/mol. The van der Waals surface area contributed by atoms with Gasteiger partial charge in [0.25, 0.3) is 0 Å². The summed E-state index contributed by atoms with van der Waals surface area (Å²) >= 11 is 0. The van der Waals surface area contributed by atoms with Crippen LogP contribution in [0.1, 0.15) is 62.6 Å². The summed E-state index contributed by atoms with van der Waals surface area (Å²) < 4.78 is 18.1. The maximum Gasteiger partial charge on any atom is 0.304 e. The highest BCUT2D eigenvalue weighted by Crippen LogP contribution is 2.42. The molecule has 3 aromatic rings. The lowest BCUT2D eigenvalue weighted by Gasteiger charge is -2.29. The number of ether oxygens (including phenoxy) is 3. The van der Waals surface area contributed by atoms with Crippen molar-refractivity contribution in [3.8, 4) is 28.4 Å². The number of carboxylic acids is 1. The summed E-state index contributed by atoms with van der Waals surface area (Å²) in [5.74, 6) is 1.31. The van der Waals surface area contributed by atoms with E-state index < -0.39 is 5.97 Å². The summed E-state index contributed by atoms with van der Waals surface area (Å²) in [5.41, 5.74) is 7.50. The molecule has 0 aromatic heterocycles. The van der Waals surface area contributed by atoms with E-state index in [0.717, 1.165) is 58.6 Å². The molecule has 1 aliphatic rings. The Hall–Kier alpha value is -3.73. The van der Waals surface area contributed by atoms with Crippen molar-refractivity contribution in [1.82, 2.24) is 0 Å². The van der Waals surface area contributed by atoms with E-state index in [9.17, 15) is 9.90 Å². The maximum absolute atomic E-state index is 11.5. The molecular formula is C32H36O5. The lowest BCUT2D eigenvalue weighted by Crippen LogP contribution is -2.21. The number of carboxylic acid groups (broad SMARTS) is 1. The highest BCUT2D eigenvalue weighted by molar-refractivity contribution is 5.71. The third-order valence-electron chi connectivity index (χ3n) is 6.75. The second-order valence-electron chi connectivity index (χ2n) is 9.85. The van der Waals surface area contributed by atoms with E-state index in [1.807, 2.05) is 32.0 Å². The molecule has 0 radical (unpaired) electrons. The van der Waals surface area contributed by atoms with Crippen LogP contribution in [0.3, 0.4) is 0 Å². The van der Waals surface area contributed by atoms with Crippen LogP contribution in [0.2, 0.25) is 0 Å². The van der Waals surface area contributed by atoms with E-state index in [1.165, 1.54) is 5.56 Å². The molecule has 0 spiro atoms. The summed E-state index contributed by atoms with van der Waals surface area (Å²) in [4.78, 5) is 11.5. The van der Waals surface area contributed by atoms with Gasteiger partial charge in [-0.1, -0.05) is 60.9 Å². The third kappa shape index (κ3) is 6.53. The van der Waals surface area contributed by atoms with Crippen LogP contribution < -0.4 is 14.2 Å². The molecule has 1 aliphatic heterocycles. The second-order valence-corrected chi connectivity index (χ2v) is 9.85. The average molecular weight is 501 g/mol. The Bertz CT molecular complexity index is 1270. The van der Waals surface area contributed by atoms with Crippen LogP contribution in [0, 0.1) is 6.92 Å². The van der Waals surface area contributed by atoms with Crippen molar-refractivity contribution >= 4 is 5.97 Å². The summed E-state index contributed by atoms with van der Waals surface area (Å²) in [5, 5.41) is 9.43. The smallest absolute Gasteiger partial charge is 0.304 e. The molecule has 37 heavy (non-hydrogen) atoms. The number of allylic oxidation sites excluding steroid dienone is 1. The second kappa shape index (κ2) is 12.0. The van der Waals surface area contributed by atoms with Crippen molar-refractivity contribution in [2.75, 3.05) is 13.2 Å². The van der Waals surface area contributed by atoms with Crippen molar-refractivity contribution in [2.24, 2.45) is 0 Å². The molecule has 5 heteroatoms. The highest BCUT2D eigenvalue weighted by Gasteiger charge is 2.29. The third-order valence-corrected chi connectivity index (χ3v) is 6.75. The summed E-state index contributed by atoms with van der Waals surface area (Å²) in [6, 6.07) is 20.4. The fraction of sp³-hybridized carbons (Fsp3) is 0.344. The molecule has 1 atom stereocenters. The maximum atomic E-state index is 11.5. The van der Waals surface area contributed by atoms with E-state index in [4.69, 9.17) is 14.2 Å². The molecule has 0 amide bonds. The van der Waals surface area contributed by atoms with Gasteiger partial charge < -0.3 is 19.3 Å². The minimum Gasteiger partial charge on any atom is -0.493 e. The van der Waals surface area contributed by atoms with Crippen LogP contribution in [0.5, 0.6) is 17.2 Å². The van der Waals surface area contributed by atoms with Gasteiger partial charge in [0, 0.05) is 23.1 Å². The number of hydrogen-bond donors (Lipinski definition) is 1. The van der Waals surface area contributed by atoms with Crippen LogP contribution in [0.4, 0.5) is 0 Å². The zero-order valence-electron chi connectivity index (χ0n) is 22.2. The van der Waals surface area contributed by atoms with E-state index in [-0.39, 0.29) is 12.3 Å². The number of fused-ring (bicyclic) bond motifs is 1. The van der Waals surface area contributed by atoms with E-state index in [0.29, 0.717) is 24.7 Å².